The summed E-state index contributed by atoms with van der Waals surface area (Å²) in [7, 11) is 0. The Bertz CT molecular complexity index is 587. The highest BCUT2D eigenvalue weighted by molar-refractivity contribution is 5.66. The fourth-order valence-electron chi connectivity index (χ4n) is 2.38. The van der Waals surface area contributed by atoms with Crippen molar-refractivity contribution in [3.63, 3.8) is 0 Å². The molecular formula is C13H14N2O6. The lowest BCUT2D eigenvalue weighted by Crippen LogP contribution is -2.42. The first-order valence-corrected chi connectivity index (χ1v) is 6.08. The predicted molar refractivity (Wildman–Crippen MR) is 70.3 cm³/mol. The molecule has 21 heavy (non-hydrogen) atoms. The Kier molecular flexibility index (Phi) is 3.62. The largest absolute Gasteiger partial charge is 0.494 e. The van der Waals surface area contributed by atoms with Crippen LogP contribution in [-0.2, 0) is 15.3 Å². The van der Waals surface area contributed by atoms with E-state index in [2.05, 4.69) is 0 Å². The number of carbonyl (C=O) groups is 2. The van der Waals surface area contributed by atoms with Crippen LogP contribution in [0.15, 0.2) is 24.3 Å². The van der Waals surface area contributed by atoms with Crippen molar-refractivity contribution in [1.29, 1.82) is 0 Å². The van der Waals surface area contributed by atoms with Crippen molar-refractivity contribution in [2.45, 2.75) is 18.5 Å². The van der Waals surface area contributed by atoms with Crippen molar-refractivity contribution in [3.05, 3.63) is 24.3 Å². The van der Waals surface area contributed by atoms with Crippen LogP contribution in [0.1, 0.15) is 12.8 Å². The Morgan fingerprint density at radius 1 is 0.857 bits per heavy atom. The highest BCUT2D eigenvalue weighted by Crippen LogP contribution is 2.39. The van der Waals surface area contributed by atoms with Crippen LogP contribution in [0.25, 0.3) is 0 Å². The van der Waals surface area contributed by atoms with Crippen LogP contribution in [0, 0.1) is 0 Å². The third-order valence-corrected chi connectivity index (χ3v) is 3.27. The van der Waals surface area contributed by atoms with Crippen molar-refractivity contribution in [1.82, 2.24) is 9.13 Å². The third-order valence-electron chi connectivity index (χ3n) is 3.27. The molecule has 0 spiro atoms. The summed E-state index contributed by atoms with van der Waals surface area (Å²) in [5.74, 6) is -1.84. The molecule has 4 N–H and O–H groups in total. The summed E-state index contributed by atoms with van der Waals surface area (Å²) in [6, 6.07) is 4.58. The molecule has 0 aliphatic rings. The fourth-order valence-corrected chi connectivity index (χ4v) is 2.38. The van der Waals surface area contributed by atoms with Gasteiger partial charge >= 0.3 is 0 Å². The van der Waals surface area contributed by atoms with Crippen molar-refractivity contribution in [2.24, 2.45) is 0 Å². The van der Waals surface area contributed by atoms with Crippen LogP contribution in [0.2, 0.25) is 0 Å². The van der Waals surface area contributed by atoms with Gasteiger partial charge in [-0.25, -0.2) is 0 Å². The summed E-state index contributed by atoms with van der Waals surface area (Å²) >= 11 is 0. The molecule has 0 fully saturated rings. The zero-order valence-electron chi connectivity index (χ0n) is 10.9. The number of hydrogen-bond donors (Lipinski definition) is 4. The first-order valence-electron chi connectivity index (χ1n) is 6.08. The normalized spacial score (nSPS) is 11.4. The van der Waals surface area contributed by atoms with E-state index in [-0.39, 0.29) is 12.8 Å². The van der Waals surface area contributed by atoms with E-state index in [0.29, 0.717) is 12.6 Å². The maximum absolute atomic E-state index is 11.7. The Morgan fingerprint density at radius 3 is 1.52 bits per heavy atom. The van der Waals surface area contributed by atoms with Crippen LogP contribution in [0.5, 0.6) is 23.5 Å². The number of carbonyl (C=O) groups excluding carboxylic acids is 2. The standard InChI is InChI=1S/C13H14N2O6/c16-7-1-6-13(8-17,14-9(18)2-3-10(14)19)15-11(20)4-5-12(15)21/h2-5,7-8,18-21H,1,6H2. The topological polar surface area (TPSA) is 125 Å². The first kappa shape index (κ1) is 14.5. The van der Waals surface area contributed by atoms with Crippen LogP contribution >= 0.6 is 0 Å². The average molecular weight is 294 g/mol. The van der Waals surface area contributed by atoms with Crippen LogP contribution in [0.4, 0.5) is 0 Å². The molecule has 8 nitrogen and oxygen atoms in total. The molecular weight excluding hydrogens is 280 g/mol. The van der Waals surface area contributed by atoms with E-state index >= 15 is 0 Å². The lowest BCUT2D eigenvalue weighted by Gasteiger charge is -2.33. The van der Waals surface area contributed by atoms with Crippen LogP contribution < -0.4 is 0 Å². The second-order valence-corrected chi connectivity index (χ2v) is 4.47. The summed E-state index contributed by atoms with van der Waals surface area (Å²) in [6.45, 7) is 0. The smallest absolute Gasteiger partial charge is 0.196 e. The number of aromatic nitrogens is 2. The molecule has 0 bridgehead atoms. The minimum absolute atomic E-state index is 0.104. The quantitative estimate of drug-likeness (QED) is 0.575. The van der Waals surface area contributed by atoms with Crippen LogP contribution in [-0.4, -0.2) is 42.1 Å². The average Bonchev–Trinajstić information content (AvgIpc) is 2.97. The van der Waals surface area contributed by atoms with Crippen molar-refractivity contribution >= 4 is 12.6 Å². The van der Waals surface area contributed by atoms with E-state index in [1.165, 1.54) is 0 Å². The van der Waals surface area contributed by atoms with Gasteiger partial charge in [0.25, 0.3) is 0 Å². The number of hydrogen-bond acceptors (Lipinski definition) is 6. The van der Waals surface area contributed by atoms with Gasteiger partial charge in [0.1, 0.15) is 6.29 Å². The van der Waals surface area contributed by atoms with Crippen molar-refractivity contribution in [2.75, 3.05) is 0 Å². The maximum atomic E-state index is 11.7. The predicted octanol–water partition coefficient (Wildman–Crippen LogP) is 0.491. The fraction of sp³-hybridized carbons (Fsp3) is 0.231. The van der Waals surface area contributed by atoms with Gasteiger partial charge in [0.15, 0.2) is 35.5 Å². The van der Waals surface area contributed by atoms with E-state index in [1.807, 2.05) is 0 Å². The van der Waals surface area contributed by atoms with Gasteiger partial charge in [-0.3, -0.25) is 13.9 Å². The van der Waals surface area contributed by atoms with Gasteiger partial charge in [-0.2, -0.15) is 0 Å². The molecule has 0 aliphatic heterocycles. The van der Waals surface area contributed by atoms with E-state index < -0.39 is 29.2 Å². The lowest BCUT2D eigenvalue weighted by atomic mass is 10.0. The summed E-state index contributed by atoms with van der Waals surface area (Å²) in [5.41, 5.74) is -1.88. The van der Waals surface area contributed by atoms with E-state index in [4.69, 9.17) is 0 Å². The molecule has 0 amide bonds. The summed E-state index contributed by atoms with van der Waals surface area (Å²) in [6.07, 6.45) is 0.585. The van der Waals surface area contributed by atoms with Crippen LogP contribution in [0.3, 0.4) is 0 Å². The second kappa shape index (κ2) is 5.23. The lowest BCUT2D eigenvalue weighted by molar-refractivity contribution is -0.118. The van der Waals surface area contributed by atoms with Gasteiger partial charge in [-0.15, -0.1) is 0 Å². The molecule has 0 atom stereocenters. The summed E-state index contributed by atoms with van der Waals surface area (Å²) in [4.78, 5) is 22.4. The highest BCUT2D eigenvalue weighted by Gasteiger charge is 2.40. The number of aldehydes is 2. The third kappa shape index (κ3) is 2.10. The van der Waals surface area contributed by atoms with E-state index in [0.717, 1.165) is 33.4 Å². The Morgan fingerprint density at radius 2 is 1.24 bits per heavy atom. The van der Waals surface area contributed by atoms with Gasteiger partial charge in [0.2, 0.25) is 0 Å². The Balaban J connectivity index is 2.76. The maximum Gasteiger partial charge on any atom is 0.196 e. The zero-order valence-corrected chi connectivity index (χ0v) is 10.9. The van der Waals surface area contributed by atoms with Gasteiger partial charge in [-0.1, -0.05) is 0 Å². The SMILES string of the molecule is O=CCCC(C=O)(n1c(O)ccc1O)n1c(O)ccc1O. The number of aromatic hydroxyl groups is 4. The summed E-state index contributed by atoms with van der Waals surface area (Å²) < 4.78 is 1.64. The molecule has 2 rings (SSSR count). The number of rotatable bonds is 6. The summed E-state index contributed by atoms with van der Waals surface area (Å²) in [5, 5.41) is 39.4. The van der Waals surface area contributed by atoms with Gasteiger partial charge < -0.3 is 25.2 Å². The Hall–Kier alpha value is -2.90. The molecule has 2 heterocycles. The molecule has 0 saturated carbocycles. The highest BCUT2D eigenvalue weighted by atomic mass is 16.3. The van der Waals surface area contributed by atoms with Crippen molar-refractivity contribution in [3.8, 4) is 23.5 Å². The molecule has 8 heteroatoms. The van der Waals surface area contributed by atoms with E-state index in [9.17, 15) is 30.0 Å². The number of nitrogens with zero attached hydrogens (tertiary/aromatic N) is 2. The molecule has 2 aromatic heterocycles. The monoisotopic (exact) mass is 294 g/mol. The molecule has 112 valence electrons. The minimum atomic E-state index is -1.88. The molecule has 0 aromatic carbocycles. The molecule has 0 radical (unpaired) electrons. The molecule has 0 unspecified atom stereocenters. The van der Waals surface area contributed by atoms with Gasteiger partial charge in [-0.05, 0) is 0 Å². The molecule has 0 aliphatic carbocycles. The van der Waals surface area contributed by atoms with Crippen molar-refractivity contribution < 1.29 is 30.0 Å². The second-order valence-electron chi connectivity index (χ2n) is 4.47. The van der Waals surface area contributed by atoms with Gasteiger partial charge in [0.05, 0.1) is 0 Å². The first-order chi connectivity index (χ1) is 9.97. The van der Waals surface area contributed by atoms with Gasteiger partial charge in [0, 0.05) is 37.1 Å². The Labute approximate surface area is 119 Å². The minimum Gasteiger partial charge on any atom is -0.494 e. The zero-order chi connectivity index (χ0) is 15.6. The molecule has 2 aromatic rings. The molecule has 0 saturated heterocycles. The van der Waals surface area contributed by atoms with E-state index in [1.54, 1.807) is 0 Å².